The van der Waals surface area contributed by atoms with Gasteiger partial charge >= 0.3 is 6.18 Å². The second-order valence-corrected chi connectivity index (χ2v) is 6.35. The van der Waals surface area contributed by atoms with Crippen LogP contribution in [0.2, 0.25) is 0 Å². The van der Waals surface area contributed by atoms with Crippen molar-refractivity contribution in [2.75, 3.05) is 11.9 Å². The second-order valence-electron chi connectivity index (χ2n) is 6.35. The third-order valence-corrected chi connectivity index (χ3v) is 4.04. The summed E-state index contributed by atoms with van der Waals surface area (Å²) in [6.45, 7) is -1.61. The molecule has 0 saturated carbocycles. The van der Waals surface area contributed by atoms with E-state index in [1.165, 1.54) is 29.1 Å². The van der Waals surface area contributed by atoms with Crippen LogP contribution >= 0.6 is 0 Å². The number of alkyl halides is 3. The summed E-state index contributed by atoms with van der Waals surface area (Å²) in [6, 6.07) is 10.2. The van der Waals surface area contributed by atoms with Crippen LogP contribution < -0.4 is 15.8 Å². The molecule has 0 aliphatic rings. The number of halogens is 3. The van der Waals surface area contributed by atoms with Crippen LogP contribution in [0.15, 0.2) is 54.7 Å². The molecular formula is C19H14F3N5O5. The molecule has 0 aliphatic carbocycles. The summed E-state index contributed by atoms with van der Waals surface area (Å²) in [6.07, 6.45) is -3.11. The van der Waals surface area contributed by atoms with Crippen molar-refractivity contribution in [2.24, 2.45) is 5.73 Å². The largest absolute Gasteiger partial charge is 0.484 e. The summed E-state index contributed by atoms with van der Waals surface area (Å²) < 4.78 is 43.0. The fourth-order valence-corrected chi connectivity index (χ4v) is 2.61. The fraction of sp³-hybridized carbons (Fsp3) is 0.105. The first-order valence-electron chi connectivity index (χ1n) is 8.79. The van der Waals surface area contributed by atoms with Crippen LogP contribution in [0, 0.1) is 10.1 Å². The second kappa shape index (κ2) is 8.75. The average Bonchev–Trinajstić information content (AvgIpc) is 3.22. The number of nitrogens with zero attached hydrogens (tertiary/aromatic N) is 3. The summed E-state index contributed by atoms with van der Waals surface area (Å²) in [7, 11) is 0. The molecule has 0 saturated heterocycles. The van der Waals surface area contributed by atoms with Gasteiger partial charge in [-0.15, -0.1) is 0 Å². The molecule has 0 fully saturated rings. The molecule has 13 heteroatoms. The molecule has 0 aliphatic heterocycles. The van der Waals surface area contributed by atoms with Gasteiger partial charge in [-0.05, 0) is 42.5 Å². The lowest BCUT2D eigenvalue weighted by Gasteiger charge is -2.11. The minimum Gasteiger partial charge on any atom is -0.484 e. The van der Waals surface area contributed by atoms with E-state index in [9.17, 15) is 32.9 Å². The van der Waals surface area contributed by atoms with Gasteiger partial charge in [0.2, 0.25) is 0 Å². The maximum absolute atomic E-state index is 12.6. The number of hydrogen-bond donors (Lipinski definition) is 2. The van der Waals surface area contributed by atoms with Crippen LogP contribution in [0.1, 0.15) is 20.8 Å². The van der Waals surface area contributed by atoms with Crippen molar-refractivity contribution >= 4 is 23.2 Å². The van der Waals surface area contributed by atoms with Gasteiger partial charge in [0.15, 0.2) is 6.61 Å². The first kappa shape index (κ1) is 22.3. The van der Waals surface area contributed by atoms with Gasteiger partial charge < -0.3 is 15.8 Å². The number of carbonyl (C=O) groups is 2. The summed E-state index contributed by atoms with van der Waals surface area (Å²) in [5, 5.41) is 17.6. The number of hydrogen-bond acceptors (Lipinski definition) is 6. The molecule has 0 atom stereocenters. The molecule has 1 aromatic heterocycles. The number of carbonyl (C=O) groups excluding carboxylic acids is 2. The number of nitro groups is 1. The molecule has 0 unspecified atom stereocenters. The number of nitrogens with two attached hydrogens (primary N) is 1. The first-order chi connectivity index (χ1) is 15.0. The van der Waals surface area contributed by atoms with Crippen molar-refractivity contribution in [1.82, 2.24) is 9.78 Å². The predicted molar refractivity (Wildman–Crippen MR) is 105 cm³/mol. The van der Waals surface area contributed by atoms with Crippen LogP contribution in [0.4, 0.5) is 24.5 Å². The van der Waals surface area contributed by atoms with Gasteiger partial charge in [0.1, 0.15) is 17.0 Å². The lowest BCUT2D eigenvalue weighted by atomic mass is 10.1. The van der Waals surface area contributed by atoms with Gasteiger partial charge in [-0.1, -0.05) is 0 Å². The Morgan fingerprint density at radius 3 is 2.41 bits per heavy atom. The Hall–Kier alpha value is -4.42. The SMILES string of the molecule is NC(=O)c1ccn(-c2ccc(NC(=O)c3cc(OCC(F)(F)F)ccc3[N+](=O)[O-])cc2)n1. The van der Waals surface area contributed by atoms with Crippen molar-refractivity contribution < 1.29 is 32.4 Å². The van der Waals surface area contributed by atoms with Crippen LogP contribution in [0.5, 0.6) is 5.75 Å². The highest BCUT2D eigenvalue weighted by Gasteiger charge is 2.29. The molecule has 166 valence electrons. The molecule has 10 nitrogen and oxygen atoms in total. The van der Waals surface area contributed by atoms with E-state index in [-0.39, 0.29) is 17.1 Å². The maximum Gasteiger partial charge on any atom is 0.422 e. The van der Waals surface area contributed by atoms with E-state index < -0.39 is 40.8 Å². The third kappa shape index (κ3) is 5.38. The number of aromatic nitrogens is 2. The molecule has 3 aromatic rings. The van der Waals surface area contributed by atoms with Gasteiger partial charge in [0.25, 0.3) is 17.5 Å². The highest BCUT2D eigenvalue weighted by molar-refractivity contribution is 6.07. The topological polar surface area (TPSA) is 142 Å². The van der Waals surface area contributed by atoms with Gasteiger partial charge in [-0.2, -0.15) is 18.3 Å². The lowest BCUT2D eigenvalue weighted by Crippen LogP contribution is -2.20. The lowest BCUT2D eigenvalue weighted by molar-refractivity contribution is -0.385. The van der Waals surface area contributed by atoms with Crippen LogP contribution in [0.25, 0.3) is 5.69 Å². The zero-order chi connectivity index (χ0) is 23.5. The zero-order valence-corrected chi connectivity index (χ0v) is 16.0. The zero-order valence-electron chi connectivity index (χ0n) is 16.0. The maximum atomic E-state index is 12.6. The van der Waals surface area contributed by atoms with Crippen molar-refractivity contribution in [1.29, 1.82) is 0 Å². The molecule has 3 rings (SSSR count). The third-order valence-electron chi connectivity index (χ3n) is 4.04. The number of anilines is 1. The Kier molecular flexibility index (Phi) is 6.09. The summed E-state index contributed by atoms with van der Waals surface area (Å²) in [5.41, 5.74) is 4.91. The van der Waals surface area contributed by atoms with Crippen LogP contribution in [-0.4, -0.2) is 39.3 Å². The van der Waals surface area contributed by atoms with E-state index in [0.717, 1.165) is 18.2 Å². The molecule has 2 aromatic carbocycles. The normalized spacial score (nSPS) is 11.1. The van der Waals surface area contributed by atoms with Crippen LogP contribution in [0.3, 0.4) is 0 Å². The number of nitro benzene ring substituents is 1. The molecule has 0 radical (unpaired) electrons. The smallest absolute Gasteiger partial charge is 0.422 e. The number of primary amides is 1. The Balaban J connectivity index is 1.79. The van der Waals surface area contributed by atoms with E-state index in [1.807, 2.05) is 0 Å². The van der Waals surface area contributed by atoms with Gasteiger partial charge in [-0.3, -0.25) is 19.7 Å². The molecule has 2 amide bonds. The summed E-state index contributed by atoms with van der Waals surface area (Å²) in [4.78, 5) is 34.1. The van der Waals surface area contributed by atoms with Crippen molar-refractivity contribution in [3.8, 4) is 11.4 Å². The monoisotopic (exact) mass is 449 g/mol. The standard InChI is InChI=1S/C19H14F3N5O5/c20-19(21,22)10-32-13-5-6-16(27(30)31)14(9-13)18(29)24-11-1-3-12(4-2-11)26-8-7-15(25-26)17(23)28/h1-9H,10H2,(H2,23,28)(H,24,29). The van der Waals surface area contributed by atoms with Gasteiger partial charge in [0.05, 0.1) is 10.6 Å². The fourth-order valence-electron chi connectivity index (χ4n) is 2.61. The number of benzene rings is 2. The minimum atomic E-state index is -4.61. The number of ether oxygens (including phenoxy) is 1. The highest BCUT2D eigenvalue weighted by atomic mass is 19.4. The predicted octanol–water partition coefficient (Wildman–Crippen LogP) is 3.07. The summed E-state index contributed by atoms with van der Waals surface area (Å²) >= 11 is 0. The van der Waals surface area contributed by atoms with Gasteiger partial charge in [0, 0.05) is 18.0 Å². The summed E-state index contributed by atoms with van der Waals surface area (Å²) in [5.74, 6) is -1.97. The number of nitrogens with one attached hydrogen (secondary N) is 1. The Labute approximate surface area is 177 Å². The molecule has 32 heavy (non-hydrogen) atoms. The number of rotatable bonds is 7. The molecular weight excluding hydrogens is 435 g/mol. The number of amides is 2. The van der Waals surface area contributed by atoms with E-state index in [2.05, 4.69) is 15.2 Å². The van der Waals surface area contributed by atoms with Crippen molar-refractivity contribution in [3.05, 3.63) is 76.1 Å². The van der Waals surface area contributed by atoms with Crippen molar-refractivity contribution in [2.45, 2.75) is 6.18 Å². The molecule has 0 bridgehead atoms. The Bertz CT molecular complexity index is 1170. The van der Waals surface area contributed by atoms with Gasteiger partial charge in [-0.25, -0.2) is 4.68 Å². The molecule has 0 spiro atoms. The van der Waals surface area contributed by atoms with E-state index in [4.69, 9.17) is 5.73 Å². The van der Waals surface area contributed by atoms with Crippen molar-refractivity contribution in [3.63, 3.8) is 0 Å². The quantitative estimate of drug-likeness (QED) is 0.419. The highest BCUT2D eigenvalue weighted by Crippen LogP contribution is 2.27. The Morgan fingerprint density at radius 2 is 1.84 bits per heavy atom. The van der Waals surface area contributed by atoms with E-state index in [0.29, 0.717) is 5.69 Å². The van der Waals surface area contributed by atoms with E-state index in [1.54, 1.807) is 12.1 Å². The molecule has 3 N–H and O–H groups in total. The van der Waals surface area contributed by atoms with E-state index >= 15 is 0 Å². The van der Waals surface area contributed by atoms with Crippen LogP contribution in [-0.2, 0) is 0 Å². The Morgan fingerprint density at radius 1 is 1.16 bits per heavy atom. The minimum absolute atomic E-state index is 0.0577. The average molecular weight is 449 g/mol. The first-order valence-corrected chi connectivity index (χ1v) is 8.79. The molecule has 1 heterocycles.